The van der Waals surface area contributed by atoms with E-state index in [0.717, 1.165) is 11.1 Å². The van der Waals surface area contributed by atoms with E-state index in [0.29, 0.717) is 29.6 Å². The highest BCUT2D eigenvalue weighted by atomic mass is 16.5. The molecule has 1 amide bonds. The molecule has 138 valence electrons. The molecular formula is C20H21N5O2. The quantitative estimate of drug-likeness (QED) is 0.670. The summed E-state index contributed by atoms with van der Waals surface area (Å²) >= 11 is 0. The summed E-state index contributed by atoms with van der Waals surface area (Å²) in [7, 11) is 3.39. The number of methoxy groups -OCH3 is 1. The molecule has 0 aliphatic heterocycles. The van der Waals surface area contributed by atoms with Gasteiger partial charge < -0.3 is 15.4 Å². The highest BCUT2D eigenvalue weighted by molar-refractivity contribution is 5.79. The molecule has 0 bridgehead atoms. The summed E-state index contributed by atoms with van der Waals surface area (Å²) in [4.78, 5) is 25.4. The van der Waals surface area contributed by atoms with Crippen molar-refractivity contribution in [1.82, 2.24) is 20.3 Å². The number of nitrogens with one attached hydrogen (secondary N) is 2. The van der Waals surface area contributed by atoms with Crippen molar-refractivity contribution >= 4 is 11.7 Å². The van der Waals surface area contributed by atoms with Gasteiger partial charge in [0, 0.05) is 36.6 Å². The van der Waals surface area contributed by atoms with E-state index in [1.807, 2.05) is 42.5 Å². The molecule has 0 saturated heterocycles. The van der Waals surface area contributed by atoms with Gasteiger partial charge >= 0.3 is 0 Å². The lowest BCUT2D eigenvalue weighted by Gasteiger charge is -2.10. The maximum absolute atomic E-state index is 12.3. The van der Waals surface area contributed by atoms with E-state index in [4.69, 9.17) is 4.74 Å². The van der Waals surface area contributed by atoms with Gasteiger partial charge in [-0.15, -0.1) is 0 Å². The Morgan fingerprint density at radius 3 is 2.74 bits per heavy atom. The summed E-state index contributed by atoms with van der Waals surface area (Å²) in [5.41, 5.74) is 2.37. The van der Waals surface area contributed by atoms with Crippen LogP contribution in [0.2, 0.25) is 0 Å². The van der Waals surface area contributed by atoms with E-state index >= 15 is 0 Å². The van der Waals surface area contributed by atoms with Gasteiger partial charge in [-0.1, -0.05) is 18.2 Å². The number of ether oxygens (including phenoxy) is 1. The van der Waals surface area contributed by atoms with Crippen LogP contribution in [-0.2, 0) is 17.8 Å². The Kier molecular flexibility index (Phi) is 5.94. The number of benzene rings is 1. The second kappa shape index (κ2) is 8.75. The lowest BCUT2D eigenvalue weighted by atomic mass is 10.1. The largest absolute Gasteiger partial charge is 0.496 e. The van der Waals surface area contributed by atoms with Crippen molar-refractivity contribution in [2.45, 2.75) is 13.0 Å². The molecule has 2 aromatic heterocycles. The number of amides is 1. The SMILES string of the molecule is CNc1cc(CNC(=O)Cc2ccccc2OC)nc(-c2cccnc2)n1. The first-order chi connectivity index (χ1) is 13.2. The summed E-state index contributed by atoms with van der Waals surface area (Å²) in [6.45, 7) is 0.304. The minimum absolute atomic E-state index is 0.105. The number of para-hydroxylation sites is 1. The average Bonchev–Trinajstić information content (AvgIpc) is 2.73. The van der Waals surface area contributed by atoms with E-state index in [9.17, 15) is 4.79 Å². The second-order valence-corrected chi connectivity index (χ2v) is 5.83. The van der Waals surface area contributed by atoms with Gasteiger partial charge in [0.25, 0.3) is 0 Å². The Labute approximate surface area is 157 Å². The third-order valence-corrected chi connectivity index (χ3v) is 3.97. The normalized spacial score (nSPS) is 10.3. The highest BCUT2D eigenvalue weighted by Crippen LogP contribution is 2.18. The van der Waals surface area contributed by atoms with Crippen LogP contribution in [0.5, 0.6) is 5.75 Å². The number of anilines is 1. The standard InChI is InChI=1S/C20H21N5O2/c1-21-18-11-16(24-20(25-18)15-7-5-9-22-12-15)13-23-19(26)10-14-6-3-4-8-17(14)27-2/h3-9,11-12H,10,13H2,1-2H3,(H,23,26)(H,21,24,25). The van der Waals surface area contributed by atoms with Crippen LogP contribution in [0.3, 0.4) is 0 Å². The lowest BCUT2D eigenvalue weighted by Crippen LogP contribution is -2.25. The minimum atomic E-state index is -0.105. The van der Waals surface area contributed by atoms with E-state index in [-0.39, 0.29) is 12.3 Å². The molecule has 0 radical (unpaired) electrons. The van der Waals surface area contributed by atoms with Crippen molar-refractivity contribution in [3.8, 4) is 17.1 Å². The molecule has 3 aromatic rings. The number of hydrogen-bond acceptors (Lipinski definition) is 6. The van der Waals surface area contributed by atoms with Crippen molar-refractivity contribution in [1.29, 1.82) is 0 Å². The van der Waals surface area contributed by atoms with E-state index in [1.165, 1.54) is 0 Å². The van der Waals surface area contributed by atoms with Gasteiger partial charge in [0.05, 0.1) is 25.8 Å². The average molecular weight is 363 g/mol. The summed E-state index contributed by atoms with van der Waals surface area (Å²) in [6.07, 6.45) is 3.65. The molecule has 0 fully saturated rings. The Bertz CT molecular complexity index is 915. The van der Waals surface area contributed by atoms with Crippen LogP contribution >= 0.6 is 0 Å². The zero-order chi connectivity index (χ0) is 19.1. The molecule has 2 N–H and O–H groups in total. The fraction of sp³-hybridized carbons (Fsp3) is 0.200. The summed E-state index contributed by atoms with van der Waals surface area (Å²) < 4.78 is 5.29. The predicted octanol–water partition coefficient (Wildman–Crippen LogP) is 2.45. The molecule has 0 saturated carbocycles. The molecule has 0 spiro atoms. The summed E-state index contributed by atoms with van der Waals surface area (Å²) in [5, 5.41) is 5.92. The topological polar surface area (TPSA) is 89.0 Å². The first-order valence-corrected chi connectivity index (χ1v) is 8.54. The number of nitrogens with zero attached hydrogens (tertiary/aromatic N) is 3. The Hall–Kier alpha value is -3.48. The zero-order valence-corrected chi connectivity index (χ0v) is 15.3. The molecule has 7 nitrogen and oxygen atoms in total. The Morgan fingerprint density at radius 2 is 2.00 bits per heavy atom. The third-order valence-electron chi connectivity index (χ3n) is 3.97. The predicted molar refractivity (Wildman–Crippen MR) is 103 cm³/mol. The molecule has 0 aliphatic rings. The second-order valence-electron chi connectivity index (χ2n) is 5.83. The molecule has 2 heterocycles. The third kappa shape index (κ3) is 4.78. The molecule has 3 rings (SSSR count). The van der Waals surface area contributed by atoms with E-state index < -0.39 is 0 Å². The molecule has 7 heteroatoms. The molecular weight excluding hydrogens is 342 g/mol. The Balaban J connectivity index is 1.71. The van der Waals surface area contributed by atoms with E-state index in [2.05, 4.69) is 25.6 Å². The van der Waals surface area contributed by atoms with Crippen molar-refractivity contribution < 1.29 is 9.53 Å². The number of carbonyl (C=O) groups is 1. The van der Waals surface area contributed by atoms with Crippen LogP contribution < -0.4 is 15.4 Å². The van der Waals surface area contributed by atoms with Gasteiger partial charge in [-0.3, -0.25) is 9.78 Å². The van der Waals surface area contributed by atoms with Gasteiger partial charge in [0.15, 0.2) is 5.82 Å². The molecule has 0 unspecified atom stereocenters. The molecule has 27 heavy (non-hydrogen) atoms. The highest BCUT2D eigenvalue weighted by Gasteiger charge is 2.10. The van der Waals surface area contributed by atoms with Crippen molar-refractivity contribution in [3.05, 3.63) is 66.1 Å². The van der Waals surface area contributed by atoms with Gasteiger partial charge in [-0.2, -0.15) is 0 Å². The first-order valence-electron chi connectivity index (χ1n) is 8.54. The van der Waals surface area contributed by atoms with Crippen molar-refractivity contribution in [2.75, 3.05) is 19.5 Å². The van der Waals surface area contributed by atoms with Crippen molar-refractivity contribution in [3.63, 3.8) is 0 Å². The molecule has 1 aromatic carbocycles. The van der Waals surface area contributed by atoms with Gasteiger partial charge in [-0.25, -0.2) is 9.97 Å². The Morgan fingerprint density at radius 1 is 1.15 bits per heavy atom. The van der Waals surface area contributed by atoms with Gasteiger partial charge in [0.2, 0.25) is 5.91 Å². The summed E-state index contributed by atoms with van der Waals surface area (Å²) in [5.74, 6) is 1.83. The number of pyridine rings is 1. The fourth-order valence-corrected chi connectivity index (χ4v) is 2.61. The van der Waals surface area contributed by atoms with E-state index in [1.54, 1.807) is 26.6 Å². The van der Waals surface area contributed by atoms with Crippen LogP contribution in [0.25, 0.3) is 11.4 Å². The van der Waals surface area contributed by atoms with Gasteiger partial charge in [0.1, 0.15) is 11.6 Å². The number of hydrogen-bond donors (Lipinski definition) is 2. The smallest absolute Gasteiger partial charge is 0.224 e. The van der Waals surface area contributed by atoms with Crippen LogP contribution in [0.15, 0.2) is 54.9 Å². The fourth-order valence-electron chi connectivity index (χ4n) is 2.61. The number of carbonyl (C=O) groups excluding carboxylic acids is 1. The maximum atomic E-state index is 12.3. The molecule has 0 atom stereocenters. The maximum Gasteiger partial charge on any atom is 0.224 e. The van der Waals surface area contributed by atoms with Crippen LogP contribution in [0, 0.1) is 0 Å². The number of rotatable bonds is 7. The van der Waals surface area contributed by atoms with Crippen LogP contribution in [-0.4, -0.2) is 35.0 Å². The lowest BCUT2D eigenvalue weighted by molar-refractivity contribution is -0.120. The monoisotopic (exact) mass is 363 g/mol. The first kappa shape index (κ1) is 18.3. The van der Waals surface area contributed by atoms with Gasteiger partial charge in [-0.05, 0) is 18.2 Å². The van der Waals surface area contributed by atoms with Crippen molar-refractivity contribution in [2.24, 2.45) is 0 Å². The minimum Gasteiger partial charge on any atom is -0.496 e. The van der Waals surface area contributed by atoms with Crippen LogP contribution in [0.4, 0.5) is 5.82 Å². The van der Waals surface area contributed by atoms with Crippen LogP contribution in [0.1, 0.15) is 11.3 Å². The number of aromatic nitrogens is 3. The summed E-state index contributed by atoms with van der Waals surface area (Å²) in [6, 6.07) is 13.0. The molecule has 0 aliphatic carbocycles. The zero-order valence-electron chi connectivity index (χ0n) is 15.3.